The molecule has 17 heavy (non-hydrogen) atoms. The van der Waals surface area contributed by atoms with Crippen molar-refractivity contribution in [2.75, 3.05) is 6.54 Å². The van der Waals surface area contributed by atoms with Crippen LogP contribution in [-0.2, 0) is 11.3 Å². The van der Waals surface area contributed by atoms with Gasteiger partial charge >= 0.3 is 12.0 Å². The summed E-state index contributed by atoms with van der Waals surface area (Å²) in [5.74, 6) is -1.35. The maximum absolute atomic E-state index is 11.3. The third-order valence-electron chi connectivity index (χ3n) is 2.45. The lowest BCUT2D eigenvalue weighted by molar-refractivity contribution is -0.125. The molecule has 1 fully saturated rings. The number of benzene rings is 1. The van der Waals surface area contributed by atoms with Crippen molar-refractivity contribution < 1.29 is 19.5 Å². The molecule has 0 saturated carbocycles. The predicted octanol–water partition coefficient (Wildman–Crippen LogP) is 0.437. The second-order valence-electron chi connectivity index (χ2n) is 3.64. The molecule has 1 aliphatic heterocycles. The first-order chi connectivity index (χ1) is 8.08. The average molecular weight is 234 g/mol. The summed E-state index contributed by atoms with van der Waals surface area (Å²) in [5, 5.41) is 11.2. The summed E-state index contributed by atoms with van der Waals surface area (Å²) in [6.07, 6.45) is 0. The van der Waals surface area contributed by atoms with E-state index in [1.165, 1.54) is 12.1 Å². The Balaban J connectivity index is 2.18. The smallest absolute Gasteiger partial charge is 0.335 e. The minimum absolute atomic E-state index is 0.00253. The third kappa shape index (κ3) is 2.25. The summed E-state index contributed by atoms with van der Waals surface area (Å²) in [6, 6.07) is 5.71. The number of carboxylic acids is 1. The van der Waals surface area contributed by atoms with E-state index in [-0.39, 0.29) is 24.6 Å². The van der Waals surface area contributed by atoms with Crippen molar-refractivity contribution in [3.05, 3.63) is 35.4 Å². The zero-order valence-electron chi connectivity index (χ0n) is 8.84. The van der Waals surface area contributed by atoms with Crippen molar-refractivity contribution in [2.24, 2.45) is 0 Å². The lowest BCUT2D eigenvalue weighted by atomic mass is 10.1. The van der Waals surface area contributed by atoms with E-state index in [4.69, 9.17) is 5.11 Å². The SMILES string of the molecule is O=C(O)c1cccc(CN2C(=O)CNC2=O)c1. The number of amides is 3. The second kappa shape index (κ2) is 4.25. The highest BCUT2D eigenvalue weighted by atomic mass is 16.4. The fraction of sp³-hybridized carbons (Fsp3) is 0.182. The van der Waals surface area contributed by atoms with E-state index in [2.05, 4.69) is 5.32 Å². The van der Waals surface area contributed by atoms with Crippen LogP contribution in [-0.4, -0.2) is 34.5 Å². The molecule has 0 aliphatic carbocycles. The topological polar surface area (TPSA) is 86.7 Å². The van der Waals surface area contributed by atoms with E-state index < -0.39 is 12.0 Å². The number of aromatic carboxylic acids is 1. The van der Waals surface area contributed by atoms with Crippen LogP contribution in [0.15, 0.2) is 24.3 Å². The first-order valence-electron chi connectivity index (χ1n) is 4.98. The molecule has 1 saturated heterocycles. The molecular formula is C11H10N2O4. The summed E-state index contributed by atoms with van der Waals surface area (Å²) in [7, 11) is 0. The van der Waals surface area contributed by atoms with Crippen LogP contribution in [0.25, 0.3) is 0 Å². The van der Waals surface area contributed by atoms with Crippen molar-refractivity contribution >= 4 is 17.9 Å². The van der Waals surface area contributed by atoms with Gasteiger partial charge in [-0.15, -0.1) is 0 Å². The summed E-state index contributed by atoms with van der Waals surface area (Å²) >= 11 is 0. The van der Waals surface area contributed by atoms with Gasteiger partial charge in [-0.25, -0.2) is 9.59 Å². The molecule has 0 radical (unpaired) electrons. The molecule has 1 heterocycles. The minimum Gasteiger partial charge on any atom is -0.478 e. The molecular weight excluding hydrogens is 224 g/mol. The molecule has 0 unspecified atom stereocenters. The number of hydrogen-bond donors (Lipinski definition) is 2. The van der Waals surface area contributed by atoms with Gasteiger partial charge in [0, 0.05) is 0 Å². The van der Waals surface area contributed by atoms with Gasteiger partial charge in [0.15, 0.2) is 0 Å². The zero-order valence-corrected chi connectivity index (χ0v) is 8.84. The van der Waals surface area contributed by atoms with Gasteiger partial charge in [0.1, 0.15) is 0 Å². The number of imide groups is 1. The molecule has 1 aromatic carbocycles. The summed E-state index contributed by atoms with van der Waals surface area (Å²) < 4.78 is 0. The molecule has 3 amide bonds. The van der Waals surface area contributed by atoms with E-state index in [1.807, 2.05) is 0 Å². The standard InChI is InChI=1S/C11H10N2O4/c14-9-5-12-11(17)13(9)6-7-2-1-3-8(4-7)10(15)16/h1-4H,5-6H2,(H,12,17)(H,15,16). The van der Waals surface area contributed by atoms with Crippen molar-refractivity contribution in [1.82, 2.24) is 10.2 Å². The maximum Gasteiger partial charge on any atom is 0.335 e. The van der Waals surface area contributed by atoms with E-state index in [9.17, 15) is 14.4 Å². The first-order valence-corrected chi connectivity index (χ1v) is 4.98. The minimum atomic E-state index is -1.04. The first kappa shape index (κ1) is 11.1. The third-order valence-corrected chi connectivity index (χ3v) is 2.45. The Hall–Kier alpha value is -2.37. The van der Waals surface area contributed by atoms with Gasteiger partial charge in [0.05, 0.1) is 18.7 Å². The van der Waals surface area contributed by atoms with Crippen molar-refractivity contribution in [2.45, 2.75) is 6.54 Å². The number of carbonyl (C=O) groups is 3. The number of hydrogen-bond acceptors (Lipinski definition) is 3. The van der Waals surface area contributed by atoms with Gasteiger partial charge in [0.25, 0.3) is 0 Å². The molecule has 2 rings (SSSR count). The van der Waals surface area contributed by atoms with Gasteiger partial charge < -0.3 is 10.4 Å². The van der Waals surface area contributed by atoms with Crippen molar-refractivity contribution in [3.8, 4) is 0 Å². The van der Waals surface area contributed by atoms with Crippen LogP contribution in [0, 0.1) is 0 Å². The summed E-state index contributed by atoms with van der Waals surface area (Å²) in [5.41, 5.74) is 0.741. The number of urea groups is 1. The van der Waals surface area contributed by atoms with Gasteiger partial charge in [-0.2, -0.15) is 0 Å². The lowest BCUT2D eigenvalue weighted by Gasteiger charge is -2.12. The van der Waals surface area contributed by atoms with Crippen LogP contribution in [0.5, 0.6) is 0 Å². The Kier molecular flexibility index (Phi) is 2.78. The largest absolute Gasteiger partial charge is 0.478 e. The summed E-state index contributed by atoms with van der Waals surface area (Å²) in [6.45, 7) is 0.0865. The van der Waals surface area contributed by atoms with Gasteiger partial charge in [0.2, 0.25) is 5.91 Å². The fourth-order valence-electron chi connectivity index (χ4n) is 1.60. The molecule has 0 atom stereocenters. The Labute approximate surface area is 96.8 Å². The van der Waals surface area contributed by atoms with Crippen LogP contribution in [0.2, 0.25) is 0 Å². The quantitative estimate of drug-likeness (QED) is 0.743. The highest BCUT2D eigenvalue weighted by molar-refractivity contribution is 6.01. The van der Waals surface area contributed by atoms with E-state index in [1.54, 1.807) is 12.1 Å². The monoisotopic (exact) mass is 234 g/mol. The molecule has 0 bridgehead atoms. The highest BCUT2D eigenvalue weighted by Crippen LogP contribution is 2.10. The molecule has 1 aliphatic rings. The Bertz CT molecular complexity index is 482. The molecule has 2 N–H and O–H groups in total. The Morgan fingerprint density at radius 2 is 2.18 bits per heavy atom. The van der Waals surface area contributed by atoms with Crippen LogP contribution in [0.3, 0.4) is 0 Å². The Morgan fingerprint density at radius 3 is 2.76 bits per heavy atom. The summed E-state index contributed by atoms with van der Waals surface area (Å²) in [4.78, 5) is 34.4. The van der Waals surface area contributed by atoms with Crippen LogP contribution >= 0.6 is 0 Å². The zero-order chi connectivity index (χ0) is 12.4. The predicted molar refractivity (Wildman–Crippen MR) is 57.4 cm³/mol. The number of nitrogens with zero attached hydrogens (tertiary/aromatic N) is 1. The Morgan fingerprint density at radius 1 is 1.41 bits per heavy atom. The van der Waals surface area contributed by atoms with Crippen molar-refractivity contribution in [1.29, 1.82) is 0 Å². The van der Waals surface area contributed by atoms with Crippen LogP contribution in [0.1, 0.15) is 15.9 Å². The number of rotatable bonds is 3. The molecule has 6 nitrogen and oxygen atoms in total. The molecule has 0 aromatic heterocycles. The normalized spacial score (nSPS) is 14.9. The van der Waals surface area contributed by atoms with Gasteiger partial charge in [-0.1, -0.05) is 12.1 Å². The molecule has 88 valence electrons. The fourth-order valence-corrected chi connectivity index (χ4v) is 1.60. The average Bonchev–Trinajstić information content (AvgIpc) is 2.61. The molecule has 6 heteroatoms. The maximum atomic E-state index is 11.3. The number of carboxylic acid groups (broad SMARTS) is 1. The second-order valence-corrected chi connectivity index (χ2v) is 3.64. The number of nitrogens with one attached hydrogen (secondary N) is 1. The van der Waals surface area contributed by atoms with Gasteiger partial charge in [-0.05, 0) is 17.7 Å². The van der Waals surface area contributed by atoms with E-state index >= 15 is 0 Å². The van der Waals surface area contributed by atoms with E-state index in [0.29, 0.717) is 5.56 Å². The lowest BCUT2D eigenvalue weighted by Crippen LogP contribution is -2.30. The van der Waals surface area contributed by atoms with Crippen LogP contribution in [0.4, 0.5) is 4.79 Å². The molecule has 1 aromatic rings. The van der Waals surface area contributed by atoms with Crippen LogP contribution < -0.4 is 5.32 Å². The number of carbonyl (C=O) groups excluding carboxylic acids is 2. The van der Waals surface area contributed by atoms with Gasteiger partial charge in [-0.3, -0.25) is 9.69 Å². The highest BCUT2D eigenvalue weighted by Gasteiger charge is 2.28. The van der Waals surface area contributed by atoms with Crippen molar-refractivity contribution in [3.63, 3.8) is 0 Å². The molecule has 0 spiro atoms. The van der Waals surface area contributed by atoms with E-state index in [0.717, 1.165) is 4.90 Å².